The molecule has 0 aliphatic heterocycles. The van der Waals surface area contributed by atoms with Crippen LogP contribution in [0.5, 0.6) is 0 Å². The number of carbonyl (C=O) groups is 1. The third-order valence-corrected chi connectivity index (χ3v) is 4.80. The van der Waals surface area contributed by atoms with Gasteiger partial charge < -0.3 is 4.98 Å². The summed E-state index contributed by atoms with van der Waals surface area (Å²) in [7, 11) is 0. The monoisotopic (exact) mass is 332 g/mol. The highest BCUT2D eigenvalue weighted by atomic mass is 16.6. The lowest BCUT2D eigenvalue weighted by Crippen LogP contribution is -2.01. The Labute approximate surface area is 144 Å². The number of benzene rings is 2. The number of aromatic nitrogens is 1. The molecule has 1 atom stereocenters. The zero-order valence-corrected chi connectivity index (χ0v) is 13.4. The summed E-state index contributed by atoms with van der Waals surface area (Å²) >= 11 is 0. The summed E-state index contributed by atoms with van der Waals surface area (Å²) in [5, 5.41) is 12.3. The van der Waals surface area contributed by atoms with E-state index in [2.05, 4.69) is 4.98 Å². The van der Waals surface area contributed by atoms with Gasteiger partial charge in [-0.2, -0.15) is 0 Å². The van der Waals surface area contributed by atoms with Crippen LogP contribution in [0.25, 0.3) is 17.0 Å². The molecule has 1 aliphatic rings. The quantitative estimate of drug-likeness (QED) is 0.432. The highest BCUT2D eigenvalue weighted by molar-refractivity contribution is 6.04. The Kier molecular flexibility index (Phi) is 3.69. The number of fused-ring (bicyclic) bond motifs is 1. The average molecular weight is 332 g/mol. The van der Waals surface area contributed by atoms with Crippen molar-refractivity contribution in [3.05, 3.63) is 81.5 Å². The Morgan fingerprint density at radius 3 is 2.72 bits per heavy atom. The summed E-state index contributed by atoms with van der Waals surface area (Å²) in [5.41, 5.74) is 3.25. The molecular weight excluding hydrogens is 316 g/mol. The number of nitro benzene ring substituents is 1. The molecule has 3 aromatic rings. The van der Waals surface area contributed by atoms with Crippen LogP contribution in [-0.4, -0.2) is 15.7 Å². The summed E-state index contributed by atoms with van der Waals surface area (Å²) in [6.45, 7) is 0. The molecule has 5 nitrogen and oxygen atoms in total. The van der Waals surface area contributed by atoms with Gasteiger partial charge in [-0.05, 0) is 30.2 Å². The lowest BCUT2D eigenvalue weighted by atomic mass is 9.91. The van der Waals surface area contributed by atoms with E-state index in [0.29, 0.717) is 17.6 Å². The Bertz CT molecular complexity index is 1020. The minimum atomic E-state index is -0.410. The van der Waals surface area contributed by atoms with Gasteiger partial charge >= 0.3 is 0 Å². The molecule has 1 saturated carbocycles. The lowest BCUT2D eigenvalue weighted by Gasteiger charge is -2.10. The van der Waals surface area contributed by atoms with Crippen molar-refractivity contribution < 1.29 is 9.72 Å². The van der Waals surface area contributed by atoms with Gasteiger partial charge in [0.15, 0.2) is 5.78 Å². The number of ketones is 1. The van der Waals surface area contributed by atoms with E-state index in [4.69, 9.17) is 0 Å². The molecular formula is C20H16N2O3. The summed E-state index contributed by atoms with van der Waals surface area (Å²) < 4.78 is 0. The number of hydrogen-bond acceptors (Lipinski definition) is 3. The molecule has 1 N–H and O–H groups in total. The Balaban J connectivity index is 1.83. The normalized spacial score (nSPS) is 19.0. The molecule has 1 fully saturated rings. The van der Waals surface area contributed by atoms with Crippen LogP contribution in [0.2, 0.25) is 0 Å². The molecule has 0 saturated heterocycles. The lowest BCUT2D eigenvalue weighted by molar-refractivity contribution is -0.385. The maximum Gasteiger partial charge on any atom is 0.276 e. The first-order chi connectivity index (χ1) is 12.1. The maximum absolute atomic E-state index is 12.5. The van der Waals surface area contributed by atoms with Gasteiger partial charge in [-0.3, -0.25) is 14.9 Å². The van der Waals surface area contributed by atoms with Crippen LogP contribution in [0.1, 0.15) is 29.9 Å². The molecule has 4 rings (SSSR count). The van der Waals surface area contributed by atoms with Crippen molar-refractivity contribution in [1.82, 2.24) is 4.98 Å². The Morgan fingerprint density at radius 1 is 1.12 bits per heavy atom. The van der Waals surface area contributed by atoms with Crippen LogP contribution in [0.4, 0.5) is 5.69 Å². The van der Waals surface area contributed by atoms with Crippen LogP contribution in [0.15, 0.2) is 60.3 Å². The minimum Gasteiger partial charge on any atom is -0.361 e. The third kappa shape index (κ3) is 2.63. The molecule has 1 heterocycles. The van der Waals surface area contributed by atoms with E-state index in [1.807, 2.05) is 30.5 Å². The maximum atomic E-state index is 12.5. The fourth-order valence-corrected chi connectivity index (χ4v) is 3.60. The standard InChI is InChI=1S/C20H16N2O3/c23-20-10-9-14(17-12-21-18-7-3-2-6-15(17)18)16(20)11-13-5-1-4-8-19(13)22(24)25/h1-8,11-12,14,21H,9-10H2/b16-11+. The number of H-pyrrole nitrogens is 1. The average Bonchev–Trinajstić information content (AvgIpc) is 3.19. The fraction of sp³-hybridized carbons (Fsp3) is 0.150. The SMILES string of the molecule is O=C1CCC(c2c[nH]c3ccccc23)/C1=C\c1ccccc1[N+](=O)[O-]. The zero-order chi connectivity index (χ0) is 17.4. The van der Waals surface area contributed by atoms with E-state index >= 15 is 0 Å². The molecule has 0 spiro atoms. The number of nitrogens with zero attached hydrogens (tertiary/aromatic N) is 1. The van der Waals surface area contributed by atoms with Crippen LogP contribution >= 0.6 is 0 Å². The largest absolute Gasteiger partial charge is 0.361 e. The van der Waals surface area contributed by atoms with Crippen molar-refractivity contribution in [3.63, 3.8) is 0 Å². The number of hydrogen-bond donors (Lipinski definition) is 1. The highest BCUT2D eigenvalue weighted by Crippen LogP contribution is 2.41. The van der Waals surface area contributed by atoms with Crippen LogP contribution in [-0.2, 0) is 4.79 Å². The van der Waals surface area contributed by atoms with Gasteiger partial charge in [0.05, 0.1) is 10.5 Å². The first kappa shape index (κ1) is 15.3. The second-order valence-corrected chi connectivity index (χ2v) is 6.22. The fourth-order valence-electron chi connectivity index (χ4n) is 3.60. The highest BCUT2D eigenvalue weighted by Gasteiger charge is 2.31. The number of aromatic amines is 1. The summed E-state index contributed by atoms with van der Waals surface area (Å²) in [5.74, 6) is 0.0249. The molecule has 1 unspecified atom stereocenters. The summed E-state index contributed by atoms with van der Waals surface area (Å²) in [6.07, 6.45) is 4.84. The molecule has 5 heteroatoms. The smallest absolute Gasteiger partial charge is 0.276 e. The van der Waals surface area contributed by atoms with E-state index < -0.39 is 4.92 Å². The minimum absolute atomic E-state index is 0.0207. The number of allylic oxidation sites excluding steroid dienone is 1. The van der Waals surface area contributed by atoms with Crippen molar-refractivity contribution >= 4 is 28.4 Å². The third-order valence-electron chi connectivity index (χ3n) is 4.80. The second kappa shape index (κ2) is 6.02. The molecule has 0 bridgehead atoms. The zero-order valence-electron chi connectivity index (χ0n) is 13.4. The van der Waals surface area contributed by atoms with Crippen LogP contribution < -0.4 is 0 Å². The van der Waals surface area contributed by atoms with Gasteiger partial charge in [-0.25, -0.2) is 0 Å². The van der Waals surface area contributed by atoms with E-state index in [-0.39, 0.29) is 17.4 Å². The molecule has 1 aromatic heterocycles. The summed E-state index contributed by atoms with van der Waals surface area (Å²) in [6, 6.07) is 14.5. The molecule has 0 radical (unpaired) electrons. The van der Waals surface area contributed by atoms with Gasteiger partial charge in [0.2, 0.25) is 0 Å². The van der Waals surface area contributed by atoms with Crippen molar-refractivity contribution in [3.8, 4) is 0 Å². The predicted octanol–water partition coefficient (Wildman–Crippen LogP) is 4.61. The number of nitrogens with one attached hydrogen (secondary N) is 1. The van der Waals surface area contributed by atoms with Crippen molar-refractivity contribution in [2.75, 3.05) is 0 Å². The Morgan fingerprint density at radius 2 is 1.88 bits per heavy atom. The molecule has 2 aromatic carbocycles. The van der Waals surface area contributed by atoms with Crippen LogP contribution in [0.3, 0.4) is 0 Å². The van der Waals surface area contributed by atoms with E-state index in [1.54, 1.807) is 24.3 Å². The van der Waals surface area contributed by atoms with Crippen molar-refractivity contribution in [1.29, 1.82) is 0 Å². The number of rotatable bonds is 3. The summed E-state index contributed by atoms with van der Waals surface area (Å²) in [4.78, 5) is 26.5. The van der Waals surface area contributed by atoms with E-state index in [9.17, 15) is 14.9 Å². The first-order valence-corrected chi connectivity index (χ1v) is 8.19. The molecule has 25 heavy (non-hydrogen) atoms. The van der Waals surface area contributed by atoms with Gasteiger partial charge in [-0.15, -0.1) is 0 Å². The topological polar surface area (TPSA) is 76.0 Å². The second-order valence-electron chi connectivity index (χ2n) is 6.22. The van der Waals surface area contributed by atoms with E-state index in [0.717, 1.165) is 22.9 Å². The van der Waals surface area contributed by atoms with Crippen molar-refractivity contribution in [2.24, 2.45) is 0 Å². The van der Waals surface area contributed by atoms with Gasteiger partial charge in [0.25, 0.3) is 5.69 Å². The first-order valence-electron chi connectivity index (χ1n) is 8.19. The van der Waals surface area contributed by atoms with Gasteiger partial charge in [-0.1, -0.05) is 30.3 Å². The number of Topliss-reactive ketones (excluding diaryl/α,β-unsaturated/α-hetero) is 1. The van der Waals surface area contributed by atoms with E-state index in [1.165, 1.54) is 6.07 Å². The van der Waals surface area contributed by atoms with Crippen molar-refractivity contribution in [2.45, 2.75) is 18.8 Å². The van der Waals surface area contributed by atoms with Crippen LogP contribution in [0, 0.1) is 10.1 Å². The Hall–Kier alpha value is -3.21. The number of para-hydroxylation sites is 2. The molecule has 0 amide bonds. The molecule has 1 aliphatic carbocycles. The van der Waals surface area contributed by atoms with Gasteiger partial charge in [0, 0.05) is 41.1 Å². The predicted molar refractivity (Wildman–Crippen MR) is 96.4 cm³/mol. The molecule has 124 valence electrons. The van der Waals surface area contributed by atoms with Gasteiger partial charge in [0.1, 0.15) is 0 Å². The number of carbonyl (C=O) groups excluding carboxylic acids is 1. The number of nitro groups is 1.